The number of nitrogens with zero attached hydrogens (tertiary/aromatic N) is 2. The first-order valence-electron chi connectivity index (χ1n) is 6.63. The van der Waals surface area contributed by atoms with E-state index in [1.807, 2.05) is 18.2 Å². The summed E-state index contributed by atoms with van der Waals surface area (Å²) >= 11 is 4.93. The van der Waals surface area contributed by atoms with Crippen LogP contribution in [0.4, 0.5) is 0 Å². The van der Waals surface area contributed by atoms with Crippen LogP contribution in [0.5, 0.6) is 0 Å². The molecular weight excluding hydrogens is 282 g/mol. The Morgan fingerprint density at radius 3 is 2.67 bits per heavy atom. The lowest BCUT2D eigenvalue weighted by atomic mass is 10.1. The van der Waals surface area contributed by atoms with Crippen LogP contribution in [0.1, 0.15) is 21.6 Å². The molecule has 1 aromatic carbocycles. The molecule has 0 aliphatic heterocycles. The maximum Gasteiger partial charge on any atom is 0.253 e. The molecule has 0 radical (unpaired) electrons. The maximum absolute atomic E-state index is 12.4. The molecule has 0 atom stereocenters. The van der Waals surface area contributed by atoms with Crippen LogP contribution in [0.15, 0.2) is 48.7 Å². The van der Waals surface area contributed by atoms with Crippen molar-refractivity contribution < 1.29 is 4.79 Å². The molecule has 2 N–H and O–H groups in total. The molecule has 0 saturated heterocycles. The van der Waals surface area contributed by atoms with Gasteiger partial charge >= 0.3 is 0 Å². The highest BCUT2D eigenvalue weighted by atomic mass is 32.1. The minimum absolute atomic E-state index is 0.0518. The van der Waals surface area contributed by atoms with Gasteiger partial charge in [-0.2, -0.15) is 0 Å². The van der Waals surface area contributed by atoms with Gasteiger partial charge in [0.2, 0.25) is 0 Å². The second kappa shape index (κ2) is 6.95. The lowest BCUT2D eigenvalue weighted by Gasteiger charge is -2.17. The van der Waals surface area contributed by atoms with E-state index < -0.39 is 0 Å². The molecule has 108 valence electrons. The number of carbonyl (C=O) groups is 1. The second-order valence-electron chi connectivity index (χ2n) is 4.74. The summed E-state index contributed by atoms with van der Waals surface area (Å²) in [7, 11) is 1.78. The molecule has 2 aromatic rings. The molecule has 0 saturated carbocycles. The Kier molecular flexibility index (Phi) is 5.00. The highest BCUT2D eigenvalue weighted by Crippen LogP contribution is 2.08. The third-order valence-corrected chi connectivity index (χ3v) is 3.41. The fourth-order valence-corrected chi connectivity index (χ4v) is 2.08. The second-order valence-corrected chi connectivity index (χ2v) is 5.18. The first-order chi connectivity index (χ1) is 10.1. The lowest BCUT2D eigenvalue weighted by molar-refractivity contribution is 0.0796. The standard InChI is InChI=1S/C16H17N3OS/c1-19(10-8-14-7-2-3-9-18-14)16(20)13-6-4-5-12(11-13)15(17)21/h2-7,9,11H,8,10H2,1H3,(H2,17,21). The highest BCUT2D eigenvalue weighted by molar-refractivity contribution is 7.80. The molecule has 2 rings (SSSR count). The van der Waals surface area contributed by atoms with Crippen LogP contribution in [-0.2, 0) is 6.42 Å². The van der Waals surface area contributed by atoms with E-state index in [1.165, 1.54) is 0 Å². The predicted molar refractivity (Wildman–Crippen MR) is 87.2 cm³/mol. The zero-order valence-electron chi connectivity index (χ0n) is 11.8. The Morgan fingerprint density at radius 2 is 2.00 bits per heavy atom. The number of hydrogen-bond acceptors (Lipinski definition) is 3. The van der Waals surface area contributed by atoms with Gasteiger partial charge in [-0.1, -0.05) is 30.4 Å². The number of carbonyl (C=O) groups excluding carboxylic acids is 1. The molecule has 0 aliphatic carbocycles. The third-order valence-electron chi connectivity index (χ3n) is 3.17. The molecule has 0 aliphatic rings. The summed E-state index contributed by atoms with van der Waals surface area (Å²) in [6.07, 6.45) is 2.47. The van der Waals surface area contributed by atoms with Gasteiger partial charge in [0.15, 0.2) is 0 Å². The summed E-state index contributed by atoms with van der Waals surface area (Å²) in [6.45, 7) is 0.604. The average Bonchev–Trinajstić information content (AvgIpc) is 2.53. The van der Waals surface area contributed by atoms with Crippen LogP contribution in [0.25, 0.3) is 0 Å². The van der Waals surface area contributed by atoms with Crippen molar-refractivity contribution in [2.24, 2.45) is 5.73 Å². The predicted octanol–water partition coefficient (Wildman–Crippen LogP) is 2.03. The molecule has 21 heavy (non-hydrogen) atoms. The summed E-state index contributed by atoms with van der Waals surface area (Å²) < 4.78 is 0. The van der Waals surface area contributed by atoms with E-state index in [2.05, 4.69) is 4.98 Å². The molecule has 1 aromatic heterocycles. The molecule has 4 nitrogen and oxygen atoms in total. The number of nitrogens with two attached hydrogens (primary N) is 1. The van der Waals surface area contributed by atoms with Crippen LogP contribution in [-0.4, -0.2) is 34.4 Å². The molecule has 0 unspecified atom stereocenters. The zero-order valence-corrected chi connectivity index (χ0v) is 12.6. The van der Waals surface area contributed by atoms with Crippen molar-refractivity contribution in [2.75, 3.05) is 13.6 Å². The Balaban J connectivity index is 2.02. The van der Waals surface area contributed by atoms with E-state index in [0.717, 1.165) is 12.1 Å². The minimum atomic E-state index is -0.0518. The molecular formula is C16H17N3OS. The molecule has 0 fully saturated rings. The van der Waals surface area contributed by atoms with Crippen LogP contribution in [0.3, 0.4) is 0 Å². The summed E-state index contributed by atoms with van der Waals surface area (Å²) in [5, 5.41) is 0. The number of pyridine rings is 1. The van der Waals surface area contributed by atoms with Crippen LogP contribution < -0.4 is 5.73 Å². The quantitative estimate of drug-likeness (QED) is 0.858. The van der Waals surface area contributed by atoms with E-state index in [1.54, 1.807) is 42.4 Å². The first-order valence-corrected chi connectivity index (χ1v) is 7.04. The van der Waals surface area contributed by atoms with Crippen LogP contribution in [0, 0.1) is 0 Å². The molecule has 0 bridgehead atoms. The topological polar surface area (TPSA) is 59.2 Å². The Hall–Kier alpha value is -2.27. The van der Waals surface area contributed by atoms with Gasteiger partial charge in [-0.05, 0) is 24.3 Å². The van der Waals surface area contributed by atoms with E-state index in [0.29, 0.717) is 22.7 Å². The Bertz CT molecular complexity index is 643. The van der Waals surface area contributed by atoms with Gasteiger partial charge in [-0.15, -0.1) is 0 Å². The summed E-state index contributed by atoms with van der Waals surface area (Å²) in [5.41, 5.74) is 7.85. The summed E-state index contributed by atoms with van der Waals surface area (Å²) in [4.78, 5) is 18.6. The van der Waals surface area contributed by atoms with Gasteiger partial charge in [0.25, 0.3) is 5.91 Å². The number of thiocarbonyl (C=S) groups is 1. The average molecular weight is 299 g/mol. The van der Waals surface area contributed by atoms with Gasteiger partial charge in [-0.25, -0.2) is 0 Å². The number of aromatic nitrogens is 1. The van der Waals surface area contributed by atoms with Crippen molar-refractivity contribution in [1.82, 2.24) is 9.88 Å². The van der Waals surface area contributed by atoms with Crippen LogP contribution >= 0.6 is 12.2 Å². The van der Waals surface area contributed by atoms with Crippen LogP contribution in [0.2, 0.25) is 0 Å². The fraction of sp³-hybridized carbons (Fsp3) is 0.188. The summed E-state index contributed by atoms with van der Waals surface area (Å²) in [5.74, 6) is -0.0518. The van der Waals surface area contributed by atoms with E-state index >= 15 is 0 Å². The van der Waals surface area contributed by atoms with Crippen molar-refractivity contribution in [2.45, 2.75) is 6.42 Å². The number of likely N-dealkylation sites (N-methyl/N-ethyl adjacent to an activating group) is 1. The molecule has 1 amide bonds. The number of benzene rings is 1. The smallest absolute Gasteiger partial charge is 0.253 e. The van der Waals surface area contributed by atoms with Crippen molar-refractivity contribution in [1.29, 1.82) is 0 Å². The Morgan fingerprint density at radius 1 is 1.24 bits per heavy atom. The van der Waals surface area contributed by atoms with E-state index in [4.69, 9.17) is 18.0 Å². The van der Waals surface area contributed by atoms with Crippen molar-refractivity contribution in [3.63, 3.8) is 0 Å². The minimum Gasteiger partial charge on any atom is -0.389 e. The van der Waals surface area contributed by atoms with Gasteiger partial charge in [0, 0.05) is 43.0 Å². The number of rotatable bonds is 5. The monoisotopic (exact) mass is 299 g/mol. The van der Waals surface area contributed by atoms with E-state index in [9.17, 15) is 4.79 Å². The first kappa shape index (κ1) is 15.1. The molecule has 1 heterocycles. The van der Waals surface area contributed by atoms with Crippen molar-refractivity contribution in [3.8, 4) is 0 Å². The normalized spacial score (nSPS) is 10.1. The lowest BCUT2D eigenvalue weighted by Crippen LogP contribution is -2.29. The van der Waals surface area contributed by atoms with Gasteiger partial charge < -0.3 is 10.6 Å². The SMILES string of the molecule is CN(CCc1ccccn1)C(=O)c1cccc(C(N)=S)c1. The van der Waals surface area contributed by atoms with Crippen molar-refractivity contribution >= 4 is 23.1 Å². The highest BCUT2D eigenvalue weighted by Gasteiger charge is 2.12. The number of hydrogen-bond donors (Lipinski definition) is 1. The summed E-state index contributed by atoms with van der Waals surface area (Å²) in [6, 6.07) is 12.8. The van der Waals surface area contributed by atoms with Gasteiger partial charge in [-0.3, -0.25) is 9.78 Å². The number of amides is 1. The third kappa shape index (κ3) is 4.10. The molecule has 5 heteroatoms. The fourth-order valence-electron chi connectivity index (χ4n) is 1.96. The van der Waals surface area contributed by atoms with Crippen molar-refractivity contribution in [3.05, 3.63) is 65.5 Å². The van der Waals surface area contributed by atoms with Gasteiger partial charge in [0.05, 0.1) is 0 Å². The largest absolute Gasteiger partial charge is 0.389 e. The van der Waals surface area contributed by atoms with Gasteiger partial charge in [0.1, 0.15) is 4.99 Å². The molecule has 0 spiro atoms. The zero-order chi connectivity index (χ0) is 15.2. The maximum atomic E-state index is 12.4. The van der Waals surface area contributed by atoms with E-state index in [-0.39, 0.29) is 5.91 Å². The Labute approximate surface area is 129 Å².